The number of para-hydroxylation sites is 1. The van der Waals surface area contributed by atoms with Crippen LogP contribution in [0.5, 0.6) is 5.75 Å². The van der Waals surface area contributed by atoms with Crippen molar-refractivity contribution in [3.8, 4) is 5.75 Å². The Balaban J connectivity index is 1.93. The number of hydrogen-bond acceptors (Lipinski definition) is 4. The van der Waals surface area contributed by atoms with Crippen LogP contribution in [0.1, 0.15) is 18.4 Å². The third kappa shape index (κ3) is 3.29. The van der Waals surface area contributed by atoms with Gasteiger partial charge in [0.25, 0.3) is 0 Å². The molecule has 3 atom stereocenters. The Labute approximate surface area is 118 Å². The highest BCUT2D eigenvalue weighted by molar-refractivity contribution is 5.79. The van der Waals surface area contributed by atoms with Crippen LogP contribution in [0.3, 0.4) is 0 Å². The molecule has 0 aliphatic heterocycles. The second-order valence-electron chi connectivity index (χ2n) is 5.00. The molecule has 1 saturated carbocycles. The van der Waals surface area contributed by atoms with E-state index in [1.165, 1.54) is 0 Å². The van der Waals surface area contributed by atoms with E-state index in [9.17, 15) is 9.90 Å². The van der Waals surface area contributed by atoms with Crippen molar-refractivity contribution in [2.24, 2.45) is 0 Å². The minimum absolute atomic E-state index is 0.115. The molecule has 1 aliphatic rings. The molecule has 0 spiro atoms. The quantitative estimate of drug-likeness (QED) is 0.840. The number of nitrogens with one attached hydrogen (secondary N) is 1. The summed E-state index contributed by atoms with van der Waals surface area (Å²) in [4.78, 5) is 12.1. The molecule has 5 nitrogen and oxygen atoms in total. The van der Waals surface area contributed by atoms with Crippen molar-refractivity contribution in [2.45, 2.75) is 37.5 Å². The molecule has 0 bridgehead atoms. The van der Waals surface area contributed by atoms with Crippen molar-refractivity contribution in [1.29, 1.82) is 0 Å². The largest absolute Gasteiger partial charge is 0.496 e. The summed E-state index contributed by atoms with van der Waals surface area (Å²) >= 11 is 0. The number of methoxy groups -OCH3 is 2. The van der Waals surface area contributed by atoms with Gasteiger partial charge in [-0.2, -0.15) is 0 Å². The molecule has 0 saturated heterocycles. The van der Waals surface area contributed by atoms with E-state index >= 15 is 0 Å². The Bertz CT molecular complexity index is 463. The Hall–Kier alpha value is -1.59. The second-order valence-corrected chi connectivity index (χ2v) is 5.00. The highest BCUT2D eigenvalue weighted by Gasteiger charge is 2.35. The van der Waals surface area contributed by atoms with Crippen LogP contribution in [0.25, 0.3) is 0 Å². The van der Waals surface area contributed by atoms with Crippen molar-refractivity contribution >= 4 is 5.91 Å². The zero-order valence-electron chi connectivity index (χ0n) is 11.8. The van der Waals surface area contributed by atoms with Crippen molar-refractivity contribution in [3.05, 3.63) is 29.8 Å². The number of carbonyl (C=O) groups is 1. The molecule has 110 valence electrons. The minimum atomic E-state index is -0.637. The van der Waals surface area contributed by atoms with Crippen LogP contribution in [-0.2, 0) is 16.0 Å². The average Bonchev–Trinajstić information content (AvgIpc) is 2.80. The molecule has 1 amide bonds. The minimum Gasteiger partial charge on any atom is -0.496 e. The van der Waals surface area contributed by atoms with Crippen LogP contribution in [0.4, 0.5) is 0 Å². The molecule has 0 heterocycles. The normalized spacial score (nSPS) is 25.4. The van der Waals surface area contributed by atoms with E-state index in [1.807, 2.05) is 24.3 Å². The predicted molar refractivity (Wildman–Crippen MR) is 74.7 cm³/mol. The Morgan fingerprint density at radius 3 is 2.75 bits per heavy atom. The Morgan fingerprint density at radius 1 is 1.35 bits per heavy atom. The van der Waals surface area contributed by atoms with E-state index in [1.54, 1.807) is 14.2 Å². The number of carbonyl (C=O) groups excluding carboxylic acids is 1. The lowest BCUT2D eigenvalue weighted by molar-refractivity contribution is -0.122. The van der Waals surface area contributed by atoms with Crippen LogP contribution in [0.15, 0.2) is 24.3 Å². The molecule has 1 aromatic carbocycles. The van der Waals surface area contributed by atoms with Crippen LogP contribution in [0.2, 0.25) is 0 Å². The van der Waals surface area contributed by atoms with Gasteiger partial charge in [0.15, 0.2) is 0 Å². The third-order valence-electron chi connectivity index (χ3n) is 3.75. The molecule has 0 unspecified atom stereocenters. The smallest absolute Gasteiger partial charge is 0.224 e. The fourth-order valence-electron chi connectivity index (χ4n) is 2.64. The van der Waals surface area contributed by atoms with Gasteiger partial charge >= 0.3 is 0 Å². The zero-order valence-corrected chi connectivity index (χ0v) is 11.8. The lowest BCUT2D eigenvalue weighted by Gasteiger charge is -2.20. The monoisotopic (exact) mass is 279 g/mol. The summed E-state index contributed by atoms with van der Waals surface area (Å²) in [6, 6.07) is 7.19. The molecule has 0 radical (unpaired) electrons. The molecular weight excluding hydrogens is 258 g/mol. The summed E-state index contributed by atoms with van der Waals surface area (Å²) in [7, 11) is 3.16. The standard InChI is InChI=1S/C15H21NO4/c1-19-12-6-4-3-5-10(12)9-14(17)16-11-7-8-13(20-2)15(11)18/h3-6,11,13,15,18H,7-9H2,1-2H3,(H,16,17)/t11-,13-,15-/m1/s1. The first-order valence-corrected chi connectivity index (χ1v) is 6.77. The maximum Gasteiger partial charge on any atom is 0.224 e. The van der Waals surface area contributed by atoms with Crippen LogP contribution < -0.4 is 10.1 Å². The van der Waals surface area contributed by atoms with Crippen molar-refractivity contribution in [2.75, 3.05) is 14.2 Å². The first-order chi connectivity index (χ1) is 9.65. The second kappa shape index (κ2) is 6.72. The number of amides is 1. The lowest BCUT2D eigenvalue weighted by Crippen LogP contribution is -2.43. The van der Waals surface area contributed by atoms with Gasteiger partial charge in [-0.3, -0.25) is 4.79 Å². The highest BCUT2D eigenvalue weighted by Crippen LogP contribution is 2.23. The van der Waals surface area contributed by atoms with E-state index in [2.05, 4.69) is 5.32 Å². The van der Waals surface area contributed by atoms with E-state index in [0.717, 1.165) is 18.4 Å². The van der Waals surface area contributed by atoms with Crippen LogP contribution in [-0.4, -0.2) is 43.5 Å². The summed E-state index contributed by atoms with van der Waals surface area (Å²) in [6.07, 6.45) is 0.910. The van der Waals surface area contributed by atoms with Crippen LogP contribution in [0, 0.1) is 0 Å². The molecule has 20 heavy (non-hydrogen) atoms. The van der Waals surface area contributed by atoms with Gasteiger partial charge in [0.1, 0.15) is 11.9 Å². The summed E-state index contributed by atoms with van der Waals surface area (Å²) in [5.41, 5.74) is 0.836. The Kier molecular flexibility index (Phi) is 4.98. The van der Waals surface area contributed by atoms with Crippen molar-refractivity contribution < 1.29 is 19.4 Å². The third-order valence-corrected chi connectivity index (χ3v) is 3.75. The molecule has 1 aromatic rings. The van der Waals surface area contributed by atoms with Gasteiger partial charge in [-0.05, 0) is 18.9 Å². The highest BCUT2D eigenvalue weighted by atomic mass is 16.5. The fraction of sp³-hybridized carbons (Fsp3) is 0.533. The fourth-order valence-corrected chi connectivity index (χ4v) is 2.64. The maximum absolute atomic E-state index is 12.1. The number of hydrogen-bond donors (Lipinski definition) is 2. The first-order valence-electron chi connectivity index (χ1n) is 6.77. The van der Waals surface area contributed by atoms with Gasteiger partial charge in [-0.25, -0.2) is 0 Å². The topological polar surface area (TPSA) is 67.8 Å². The first kappa shape index (κ1) is 14.8. The summed E-state index contributed by atoms with van der Waals surface area (Å²) in [5, 5.41) is 12.9. The maximum atomic E-state index is 12.1. The molecule has 1 aliphatic carbocycles. The van der Waals surface area contributed by atoms with E-state index < -0.39 is 6.10 Å². The SMILES string of the molecule is COc1ccccc1CC(=O)N[C@@H]1CC[C@@H](OC)[C@@H]1O. The average molecular weight is 279 g/mol. The van der Waals surface area contributed by atoms with E-state index in [4.69, 9.17) is 9.47 Å². The molecular formula is C15H21NO4. The van der Waals surface area contributed by atoms with Gasteiger partial charge in [0.05, 0.1) is 25.7 Å². The number of ether oxygens (including phenoxy) is 2. The van der Waals surface area contributed by atoms with E-state index in [0.29, 0.717) is 5.75 Å². The van der Waals surface area contributed by atoms with Crippen molar-refractivity contribution in [3.63, 3.8) is 0 Å². The summed E-state index contributed by atoms with van der Waals surface area (Å²) in [5.74, 6) is 0.583. The molecule has 2 rings (SSSR count). The number of aliphatic hydroxyl groups excluding tert-OH is 1. The Morgan fingerprint density at radius 2 is 2.10 bits per heavy atom. The van der Waals surface area contributed by atoms with Crippen LogP contribution >= 0.6 is 0 Å². The number of rotatable bonds is 5. The van der Waals surface area contributed by atoms with Gasteiger partial charge in [-0.1, -0.05) is 18.2 Å². The van der Waals surface area contributed by atoms with Gasteiger partial charge in [0, 0.05) is 12.7 Å². The summed E-state index contributed by atoms with van der Waals surface area (Å²) in [6.45, 7) is 0. The van der Waals surface area contributed by atoms with Gasteiger partial charge < -0.3 is 19.9 Å². The molecule has 2 N–H and O–H groups in total. The van der Waals surface area contributed by atoms with E-state index in [-0.39, 0.29) is 24.5 Å². The molecule has 1 fully saturated rings. The molecule has 0 aromatic heterocycles. The number of aliphatic hydroxyl groups is 1. The number of benzene rings is 1. The van der Waals surface area contributed by atoms with Gasteiger partial charge in [-0.15, -0.1) is 0 Å². The van der Waals surface area contributed by atoms with Crippen molar-refractivity contribution in [1.82, 2.24) is 5.32 Å². The molecule has 5 heteroatoms. The van der Waals surface area contributed by atoms with Gasteiger partial charge in [0.2, 0.25) is 5.91 Å². The lowest BCUT2D eigenvalue weighted by atomic mass is 10.1. The summed E-state index contributed by atoms with van der Waals surface area (Å²) < 4.78 is 10.4. The predicted octanol–water partition coefficient (Wildman–Crippen LogP) is 0.892. The zero-order chi connectivity index (χ0) is 14.5.